The van der Waals surface area contributed by atoms with E-state index in [1.807, 2.05) is 42.6 Å². The van der Waals surface area contributed by atoms with Crippen molar-refractivity contribution in [1.29, 1.82) is 0 Å². The van der Waals surface area contributed by atoms with Crippen LogP contribution >= 0.6 is 35.2 Å². The van der Waals surface area contributed by atoms with Crippen LogP contribution in [-0.4, -0.2) is 15.9 Å². The Kier molecular flexibility index (Phi) is 4.29. The zero-order valence-electron chi connectivity index (χ0n) is 11.8. The molecule has 0 aliphatic carbocycles. The molecule has 0 atom stereocenters. The maximum absolute atomic E-state index is 12.5. The van der Waals surface area contributed by atoms with Crippen molar-refractivity contribution in [2.75, 3.05) is 0 Å². The van der Waals surface area contributed by atoms with E-state index in [0.29, 0.717) is 22.4 Å². The number of benzene rings is 1. The summed E-state index contributed by atoms with van der Waals surface area (Å²) in [4.78, 5) is 15.1. The molecule has 2 aromatic rings. The van der Waals surface area contributed by atoms with Crippen LogP contribution < -0.4 is 5.32 Å². The van der Waals surface area contributed by atoms with Gasteiger partial charge in [0.25, 0.3) is 5.91 Å². The van der Waals surface area contributed by atoms with Crippen LogP contribution in [0, 0.1) is 6.92 Å². The largest absolute Gasteiger partial charge is 0.328 e. The van der Waals surface area contributed by atoms with Crippen LogP contribution in [0.25, 0.3) is 6.08 Å². The lowest BCUT2D eigenvalue weighted by atomic mass is 10.2. The molecule has 0 spiro atoms. The van der Waals surface area contributed by atoms with Crippen molar-refractivity contribution in [3.63, 3.8) is 0 Å². The van der Waals surface area contributed by atoms with Crippen molar-refractivity contribution in [2.45, 2.75) is 13.5 Å². The first kappa shape index (κ1) is 15.2. The summed E-state index contributed by atoms with van der Waals surface area (Å²) in [6.07, 6.45) is 1.85. The molecule has 3 rings (SSSR count). The molecule has 112 valence electrons. The van der Waals surface area contributed by atoms with Gasteiger partial charge in [-0.1, -0.05) is 29.8 Å². The summed E-state index contributed by atoms with van der Waals surface area (Å²) in [5.74, 6) is -0.127. The molecule has 6 heteroatoms. The number of nitrogens with one attached hydrogen (secondary N) is 1. The van der Waals surface area contributed by atoms with E-state index in [1.54, 1.807) is 17.4 Å². The van der Waals surface area contributed by atoms with Gasteiger partial charge >= 0.3 is 0 Å². The van der Waals surface area contributed by atoms with E-state index in [0.717, 1.165) is 16.0 Å². The number of thiophene rings is 1. The van der Waals surface area contributed by atoms with Crippen LogP contribution in [0.1, 0.15) is 16.0 Å². The van der Waals surface area contributed by atoms with Crippen molar-refractivity contribution in [2.24, 2.45) is 0 Å². The molecule has 1 amide bonds. The van der Waals surface area contributed by atoms with E-state index in [2.05, 4.69) is 5.32 Å². The summed E-state index contributed by atoms with van der Waals surface area (Å²) in [6, 6.07) is 9.47. The first-order valence-corrected chi connectivity index (χ1v) is 8.35. The van der Waals surface area contributed by atoms with Gasteiger partial charge in [-0.2, -0.15) is 0 Å². The van der Waals surface area contributed by atoms with Crippen molar-refractivity contribution in [3.8, 4) is 0 Å². The summed E-state index contributed by atoms with van der Waals surface area (Å²) in [7, 11) is 0. The second-order valence-electron chi connectivity index (χ2n) is 4.94. The van der Waals surface area contributed by atoms with E-state index >= 15 is 0 Å². The van der Waals surface area contributed by atoms with Gasteiger partial charge in [0.2, 0.25) is 0 Å². The second kappa shape index (κ2) is 6.20. The van der Waals surface area contributed by atoms with Gasteiger partial charge in [-0.05, 0) is 53.9 Å². The molecule has 22 heavy (non-hydrogen) atoms. The molecular formula is C16H13ClN2OS2. The van der Waals surface area contributed by atoms with Gasteiger partial charge in [0.15, 0.2) is 5.11 Å². The highest BCUT2D eigenvalue weighted by Gasteiger charge is 2.31. The van der Waals surface area contributed by atoms with Gasteiger partial charge < -0.3 is 5.32 Å². The minimum absolute atomic E-state index is 0.127. The number of hydrogen-bond donors (Lipinski definition) is 1. The Labute approximate surface area is 143 Å². The highest BCUT2D eigenvalue weighted by molar-refractivity contribution is 7.80. The number of nitrogens with zero attached hydrogens (tertiary/aromatic N) is 1. The lowest BCUT2D eigenvalue weighted by Crippen LogP contribution is -2.30. The van der Waals surface area contributed by atoms with Crippen molar-refractivity contribution in [1.82, 2.24) is 10.2 Å². The molecule has 0 unspecified atom stereocenters. The van der Waals surface area contributed by atoms with Crippen LogP contribution in [0.3, 0.4) is 0 Å². The van der Waals surface area contributed by atoms with Crippen molar-refractivity contribution in [3.05, 3.63) is 62.4 Å². The molecule has 1 saturated heterocycles. The molecule has 1 fully saturated rings. The third-order valence-corrected chi connectivity index (χ3v) is 5.08. The average molecular weight is 349 g/mol. The van der Waals surface area contributed by atoms with E-state index in [-0.39, 0.29) is 5.91 Å². The first-order valence-electron chi connectivity index (χ1n) is 6.68. The molecule has 1 aliphatic heterocycles. The molecule has 2 heterocycles. The Bertz CT molecular complexity index is 782. The number of carbonyl (C=O) groups excluding carboxylic acids is 1. The summed E-state index contributed by atoms with van der Waals surface area (Å²) in [5.41, 5.74) is 2.51. The summed E-state index contributed by atoms with van der Waals surface area (Å²) >= 11 is 13.0. The Morgan fingerprint density at radius 1 is 1.36 bits per heavy atom. The molecule has 1 aromatic heterocycles. The SMILES string of the molecule is Cc1ccsc1/C=C1\NC(=S)N(Cc2ccccc2Cl)C1=O. The maximum atomic E-state index is 12.5. The quantitative estimate of drug-likeness (QED) is 0.673. The zero-order chi connectivity index (χ0) is 15.7. The normalized spacial score (nSPS) is 16.5. The monoisotopic (exact) mass is 348 g/mol. The molecular weight excluding hydrogens is 336 g/mol. The fourth-order valence-corrected chi connectivity index (χ4v) is 3.49. The predicted octanol–water partition coefficient (Wildman–Crippen LogP) is 3.97. The third kappa shape index (κ3) is 2.92. The van der Waals surface area contributed by atoms with Gasteiger partial charge in [-0.15, -0.1) is 11.3 Å². The smallest absolute Gasteiger partial charge is 0.276 e. The maximum Gasteiger partial charge on any atom is 0.276 e. The van der Waals surface area contributed by atoms with E-state index in [4.69, 9.17) is 23.8 Å². The summed E-state index contributed by atoms with van der Waals surface area (Å²) < 4.78 is 0. The van der Waals surface area contributed by atoms with Gasteiger partial charge in [0, 0.05) is 9.90 Å². The molecule has 0 saturated carbocycles. The Morgan fingerprint density at radius 3 is 2.82 bits per heavy atom. The minimum Gasteiger partial charge on any atom is -0.328 e. The Balaban J connectivity index is 1.85. The lowest BCUT2D eigenvalue weighted by Gasteiger charge is -2.14. The van der Waals surface area contributed by atoms with Crippen LogP contribution in [0.2, 0.25) is 5.02 Å². The molecule has 0 radical (unpaired) electrons. The third-order valence-electron chi connectivity index (χ3n) is 3.43. The van der Waals surface area contributed by atoms with Crippen LogP contribution in [0.4, 0.5) is 0 Å². The van der Waals surface area contributed by atoms with Gasteiger partial charge in [0.05, 0.1) is 6.54 Å². The molecule has 1 aromatic carbocycles. The van der Waals surface area contributed by atoms with Crippen molar-refractivity contribution < 1.29 is 4.79 Å². The first-order chi connectivity index (χ1) is 10.6. The second-order valence-corrected chi connectivity index (χ2v) is 6.68. The lowest BCUT2D eigenvalue weighted by molar-refractivity contribution is -0.122. The van der Waals surface area contributed by atoms with Gasteiger partial charge in [-0.25, -0.2) is 0 Å². The topological polar surface area (TPSA) is 32.3 Å². The van der Waals surface area contributed by atoms with E-state index < -0.39 is 0 Å². The number of rotatable bonds is 3. The number of carbonyl (C=O) groups is 1. The van der Waals surface area contributed by atoms with Gasteiger partial charge in [0.1, 0.15) is 5.70 Å². The summed E-state index contributed by atoms with van der Waals surface area (Å²) in [5, 5.41) is 6.03. The van der Waals surface area contributed by atoms with E-state index in [9.17, 15) is 4.79 Å². The number of amides is 1. The highest BCUT2D eigenvalue weighted by atomic mass is 35.5. The van der Waals surface area contributed by atoms with E-state index in [1.165, 1.54) is 4.90 Å². The van der Waals surface area contributed by atoms with Crippen LogP contribution in [0.15, 0.2) is 41.4 Å². The number of aryl methyl sites for hydroxylation is 1. The standard InChI is InChI=1S/C16H13ClN2OS2/c1-10-6-7-22-14(10)8-13-15(20)19(16(21)18-13)9-11-4-2-3-5-12(11)17/h2-8H,9H2,1H3,(H,18,21)/b13-8-. The van der Waals surface area contributed by atoms with Crippen molar-refractivity contribution >= 4 is 52.3 Å². The Morgan fingerprint density at radius 2 is 2.14 bits per heavy atom. The molecule has 1 N–H and O–H groups in total. The predicted molar refractivity (Wildman–Crippen MR) is 94.8 cm³/mol. The number of thiocarbonyl (C=S) groups is 1. The average Bonchev–Trinajstić information content (AvgIpc) is 3.00. The fourth-order valence-electron chi connectivity index (χ4n) is 2.18. The van der Waals surface area contributed by atoms with Crippen LogP contribution in [-0.2, 0) is 11.3 Å². The fraction of sp³-hybridized carbons (Fsp3) is 0.125. The van der Waals surface area contributed by atoms with Gasteiger partial charge in [-0.3, -0.25) is 9.69 Å². The molecule has 0 bridgehead atoms. The summed E-state index contributed by atoms with van der Waals surface area (Å²) in [6.45, 7) is 2.38. The number of hydrogen-bond acceptors (Lipinski definition) is 3. The highest BCUT2D eigenvalue weighted by Crippen LogP contribution is 2.24. The zero-order valence-corrected chi connectivity index (χ0v) is 14.2. The molecule has 1 aliphatic rings. The number of halogens is 1. The molecule has 3 nitrogen and oxygen atoms in total. The van der Waals surface area contributed by atoms with Crippen LogP contribution in [0.5, 0.6) is 0 Å². The Hall–Kier alpha value is -1.69. The minimum atomic E-state index is -0.127.